The summed E-state index contributed by atoms with van der Waals surface area (Å²) in [7, 11) is 0. The molecule has 1 aliphatic rings. The largest absolute Gasteiger partial charge is 0.480 e. The van der Waals surface area contributed by atoms with Gasteiger partial charge in [0.15, 0.2) is 0 Å². The van der Waals surface area contributed by atoms with Gasteiger partial charge >= 0.3 is 5.97 Å². The molecule has 0 heterocycles. The first-order valence-electron chi connectivity index (χ1n) is 6.38. The zero-order valence-electron chi connectivity index (χ0n) is 10.9. The molecule has 1 aliphatic carbocycles. The van der Waals surface area contributed by atoms with Crippen LogP contribution in [0.3, 0.4) is 0 Å². The fraction of sp³-hybridized carbons (Fsp3) is 0.923. The van der Waals surface area contributed by atoms with Crippen LogP contribution in [-0.4, -0.2) is 22.7 Å². The highest BCUT2D eigenvalue weighted by Crippen LogP contribution is 2.30. The highest BCUT2D eigenvalue weighted by molar-refractivity contribution is 5.78. The smallest absolute Gasteiger partial charge is 0.323 e. The van der Waals surface area contributed by atoms with E-state index in [9.17, 15) is 9.90 Å². The fourth-order valence-corrected chi connectivity index (χ4v) is 2.83. The quantitative estimate of drug-likeness (QED) is 0.776. The number of nitrogens with one attached hydrogen (secondary N) is 1. The summed E-state index contributed by atoms with van der Waals surface area (Å²) in [6.45, 7) is 8.23. The van der Waals surface area contributed by atoms with Crippen molar-refractivity contribution in [3.8, 4) is 0 Å². The summed E-state index contributed by atoms with van der Waals surface area (Å²) in [5, 5.41) is 12.6. The number of carbonyl (C=O) groups is 1. The van der Waals surface area contributed by atoms with Crippen LogP contribution < -0.4 is 5.32 Å². The van der Waals surface area contributed by atoms with Crippen LogP contribution in [0.25, 0.3) is 0 Å². The molecule has 16 heavy (non-hydrogen) atoms. The van der Waals surface area contributed by atoms with Crippen LogP contribution in [0.15, 0.2) is 0 Å². The van der Waals surface area contributed by atoms with Crippen LogP contribution in [0.1, 0.15) is 53.4 Å². The molecule has 2 N–H and O–H groups in total. The Morgan fingerprint density at radius 2 is 1.81 bits per heavy atom. The first-order chi connectivity index (χ1) is 7.37. The van der Waals surface area contributed by atoms with E-state index in [0.29, 0.717) is 24.3 Å². The van der Waals surface area contributed by atoms with Crippen LogP contribution >= 0.6 is 0 Å². The minimum atomic E-state index is -0.762. The van der Waals surface area contributed by atoms with Gasteiger partial charge in [-0.3, -0.25) is 10.1 Å². The second kappa shape index (κ2) is 5.17. The van der Waals surface area contributed by atoms with Crippen molar-refractivity contribution in [1.82, 2.24) is 5.32 Å². The zero-order valence-corrected chi connectivity index (χ0v) is 10.9. The summed E-state index contributed by atoms with van der Waals surface area (Å²) >= 11 is 0. The van der Waals surface area contributed by atoms with Gasteiger partial charge in [-0.05, 0) is 44.4 Å². The van der Waals surface area contributed by atoms with Gasteiger partial charge < -0.3 is 5.11 Å². The Bertz CT molecular complexity index is 244. The third-order valence-corrected chi connectivity index (χ3v) is 3.88. The Morgan fingerprint density at radius 1 is 1.31 bits per heavy atom. The predicted molar refractivity (Wildman–Crippen MR) is 65.4 cm³/mol. The maximum absolute atomic E-state index is 11.2. The van der Waals surface area contributed by atoms with Crippen LogP contribution in [0.5, 0.6) is 0 Å². The van der Waals surface area contributed by atoms with Gasteiger partial charge in [0.2, 0.25) is 0 Å². The molecule has 0 aromatic rings. The van der Waals surface area contributed by atoms with Crippen molar-refractivity contribution >= 4 is 5.97 Å². The SMILES string of the molecule is CCC(C)(NC1CC(C)CC(C)C1)C(=O)O. The summed E-state index contributed by atoms with van der Waals surface area (Å²) in [6.07, 6.45) is 4.11. The molecule has 0 saturated heterocycles. The molecule has 0 bridgehead atoms. The van der Waals surface area contributed by atoms with Gasteiger partial charge in [0.25, 0.3) is 0 Å². The molecular formula is C13H25NO2. The standard InChI is InChI=1S/C13H25NO2/c1-5-13(4,12(15)16)14-11-7-9(2)6-10(3)8-11/h9-11,14H,5-8H2,1-4H3,(H,15,16). The van der Waals surface area contributed by atoms with Crippen LogP contribution in [0, 0.1) is 11.8 Å². The summed E-state index contributed by atoms with van der Waals surface area (Å²) < 4.78 is 0. The molecular weight excluding hydrogens is 202 g/mol. The molecule has 1 rings (SSSR count). The third-order valence-electron chi connectivity index (χ3n) is 3.88. The summed E-state index contributed by atoms with van der Waals surface area (Å²) in [6, 6.07) is 0.361. The Balaban J connectivity index is 2.61. The minimum absolute atomic E-state index is 0.361. The van der Waals surface area contributed by atoms with Crippen molar-refractivity contribution in [3.05, 3.63) is 0 Å². The fourth-order valence-electron chi connectivity index (χ4n) is 2.83. The summed E-state index contributed by atoms with van der Waals surface area (Å²) in [5.41, 5.74) is -0.762. The maximum Gasteiger partial charge on any atom is 0.323 e. The maximum atomic E-state index is 11.2. The molecule has 3 atom stereocenters. The lowest BCUT2D eigenvalue weighted by Gasteiger charge is -2.37. The first-order valence-corrected chi connectivity index (χ1v) is 6.38. The van der Waals surface area contributed by atoms with Crippen molar-refractivity contribution in [2.45, 2.75) is 65.0 Å². The highest BCUT2D eigenvalue weighted by atomic mass is 16.4. The molecule has 0 aromatic heterocycles. The monoisotopic (exact) mass is 227 g/mol. The zero-order chi connectivity index (χ0) is 12.3. The van der Waals surface area contributed by atoms with E-state index >= 15 is 0 Å². The Labute approximate surface area is 98.6 Å². The Kier molecular flexibility index (Phi) is 4.36. The third kappa shape index (κ3) is 3.21. The van der Waals surface area contributed by atoms with E-state index in [-0.39, 0.29) is 0 Å². The van der Waals surface area contributed by atoms with E-state index in [1.165, 1.54) is 6.42 Å². The molecule has 94 valence electrons. The lowest BCUT2D eigenvalue weighted by Crippen LogP contribution is -2.54. The van der Waals surface area contributed by atoms with Gasteiger partial charge in [0, 0.05) is 6.04 Å². The number of hydrogen-bond acceptors (Lipinski definition) is 2. The molecule has 0 aromatic carbocycles. The normalized spacial score (nSPS) is 34.4. The molecule has 1 saturated carbocycles. The van der Waals surface area contributed by atoms with Crippen molar-refractivity contribution in [2.24, 2.45) is 11.8 Å². The van der Waals surface area contributed by atoms with Crippen molar-refractivity contribution in [1.29, 1.82) is 0 Å². The topological polar surface area (TPSA) is 49.3 Å². The molecule has 3 nitrogen and oxygen atoms in total. The van der Waals surface area contributed by atoms with Crippen LogP contribution in [0.2, 0.25) is 0 Å². The average molecular weight is 227 g/mol. The molecule has 0 aliphatic heterocycles. The number of aliphatic carboxylic acids is 1. The van der Waals surface area contributed by atoms with Gasteiger partial charge in [0.1, 0.15) is 5.54 Å². The van der Waals surface area contributed by atoms with Crippen molar-refractivity contribution in [2.75, 3.05) is 0 Å². The first kappa shape index (κ1) is 13.5. The summed E-state index contributed by atoms with van der Waals surface area (Å²) in [4.78, 5) is 11.2. The minimum Gasteiger partial charge on any atom is -0.480 e. The second-order valence-electron chi connectivity index (χ2n) is 5.75. The highest BCUT2D eigenvalue weighted by Gasteiger charge is 2.35. The van der Waals surface area contributed by atoms with Gasteiger partial charge in [0.05, 0.1) is 0 Å². The number of carboxylic acids is 1. The molecule has 0 spiro atoms. The molecule has 0 radical (unpaired) electrons. The molecule has 3 unspecified atom stereocenters. The van der Waals surface area contributed by atoms with E-state index in [1.54, 1.807) is 6.92 Å². The molecule has 3 heteroatoms. The van der Waals surface area contributed by atoms with E-state index in [2.05, 4.69) is 19.2 Å². The van der Waals surface area contributed by atoms with Gasteiger partial charge in [-0.25, -0.2) is 0 Å². The molecule has 1 fully saturated rings. The van der Waals surface area contributed by atoms with Crippen molar-refractivity contribution in [3.63, 3.8) is 0 Å². The van der Waals surface area contributed by atoms with E-state index in [4.69, 9.17) is 0 Å². The van der Waals surface area contributed by atoms with Gasteiger partial charge in [-0.2, -0.15) is 0 Å². The van der Waals surface area contributed by atoms with E-state index < -0.39 is 11.5 Å². The second-order valence-corrected chi connectivity index (χ2v) is 5.75. The number of carboxylic acid groups (broad SMARTS) is 1. The van der Waals surface area contributed by atoms with Gasteiger partial charge in [-0.15, -0.1) is 0 Å². The predicted octanol–water partition coefficient (Wildman–Crippen LogP) is 2.65. The van der Waals surface area contributed by atoms with Crippen LogP contribution in [0.4, 0.5) is 0 Å². The number of rotatable bonds is 4. The summed E-state index contributed by atoms with van der Waals surface area (Å²) in [5.74, 6) is 0.674. The average Bonchev–Trinajstić information content (AvgIpc) is 2.15. The van der Waals surface area contributed by atoms with Gasteiger partial charge in [-0.1, -0.05) is 20.8 Å². The number of hydrogen-bond donors (Lipinski definition) is 2. The van der Waals surface area contributed by atoms with E-state index in [0.717, 1.165) is 12.8 Å². The lowest BCUT2D eigenvalue weighted by atomic mass is 9.79. The van der Waals surface area contributed by atoms with E-state index in [1.807, 2.05) is 6.92 Å². The Hall–Kier alpha value is -0.570. The van der Waals surface area contributed by atoms with Crippen LogP contribution in [-0.2, 0) is 4.79 Å². The molecule has 0 amide bonds. The van der Waals surface area contributed by atoms with Crippen molar-refractivity contribution < 1.29 is 9.90 Å². The Morgan fingerprint density at radius 3 is 2.19 bits per heavy atom. The lowest BCUT2D eigenvalue weighted by molar-refractivity contribution is -0.144.